The molecule has 5 heteroatoms. The summed E-state index contributed by atoms with van der Waals surface area (Å²) in [7, 11) is 4.17. The van der Waals surface area contributed by atoms with Crippen molar-refractivity contribution in [3.63, 3.8) is 0 Å². The summed E-state index contributed by atoms with van der Waals surface area (Å²) < 4.78 is 3.20. The van der Waals surface area contributed by atoms with Crippen LogP contribution in [0.25, 0.3) is 0 Å². The van der Waals surface area contributed by atoms with Crippen molar-refractivity contribution in [2.24, 2.45) is 0 Å². The Hall–Kier alpha value is -0.390. The van der Waals surface area contributed by atoms with Crippen molar-refractivity contribution < 1.29 is 0 Å². The lowest BCUT2D eigenvalue weighted by Gasteiger charge is -2.20. The number of nitrogens with zero attached hydrogens (tertiary/aromatic N) is 3. The lowest BCUT2D eigenvalue weighted by atomic mass is 10.1. The van der Waals surface area contributed by atoms with Gasteiger partial charge < -0.3 is 10.2 Å². The third kappa shape index (κ3) is 5.50. The molecule has 0 atom stereocenters. The van der Waals surface area contributed by atoms with Crippen molar-refractivity contribution >= 4 is 15.9 Å². The normalized spacial score (nSPS) is 12.4. The van der Waals surface area contributed by atoms with Crippen molar-refractivity contribution in [2.45, 2.75) is 39.3 Å². The molecule has 4 nitrogen and oxygen atoms in total. The molecule has 1 rings (SSSR count). The van der Waals surface area contributed by atoms with Gasteiger partial charge in [-0.1, -0.05) is 0 Å². The quantitative estimate of drug-likeness (QED) is 0.873. The maximum atomic E-state index is 4.42. The summed E-state index contributed by atoms with van der Waals surface area (Å²) >= 11 is 3.58. The predicted octanol–water partition coefficient (Wildman–Crippen LogP) is 2.14. The summed E-state index contributed by atoms with van der Waals surface area (Å²) in [6, 6.07) is 0. The third-order valence-corrected chi connectivity index (χ3v) is 3.34. The lowest BCUT2D eigenvalue weighted by Crippen LogP contribution is -2.37. The summed E-state index contributed by atoms with van der Waals surface area (Å²) in [5.74, 6) is 0. The predicted molar refractivity (Wildman–Crippen MR) is 79.9 cm³/mol. The van der Waals surface area contributed by atoms with Crippen LogP contribution in [0.15, 0.2) is 10.7 Å². The Bertz CT molecular complexity index is 366. The Morgan fingerprint density at radius 2 is 2.06 bits per heavy atom. The molecule has 0 aromatic carbocycles. The van der Waals surface area contributed by atoms with Crippen LogP contribution in [0, 0.1) is 0 Å². The average Bonchev–Trinajstić information content (AvgIpc) is 2.56. The van der Waals surface area contributed by atoms with E-state index >= 15 is 0 Å². The molecule has 1 aromatic heterocycles. The summed E-state index contributed by atoms with van der Waals surface area (Å²) in [5, 5.41) is 7.93. The van der Waals surface area contributed by atoms with Crippen LogP contribution in [0.1, 0.15) is 26.5 Å². The average molecular weight is 317 g/mol. The first-order valence-corrected chi connectivity index (χ1v) is 7.19. The summed E-state index contributed by atoms with van der Waals surface area (Å²) in [5.41, 5.74) is 1.44. The van der Waals surface area contributed by atoms with Crippen molar-refractivity contribution in [1.82, 2.24) is 20.0 Å². The minimum atomic E-state index is 0.168. The smallest absolute Gasteiger partial charge is 0.0635 e. The number of rotatable bonds is 6. The Kier molecular flexibility index (Phi) is 5.82. The summed E-state index contributed by atoms with van der Waals surface area (Å²) in [4.78, 5) is 2.17. The zero-order valence-corrected chi connectivity index (χ0v) is 13.7. The highest BCUT2D eigenvalue weighted by atomic mass is 79.9. The molecule has 0 radical (unpaired) electrons. The van der Waals surface area contributed by atoms with E-state index in [-0.39, 0.29) is 5.54 Å². The van der Waals surface area contributed by atoms with E-state index in [1.807, 2.05) is 6.20 Å². The Morgan fingerprint density at radius 3 is 2.61 bits per heavy atom. The molecule has 18 heavy (non-hydrogen) atoms. The van der Waals surface area contributed by atoms with Gasteiger partial charge in [-0.3, -0.25) is 4.68 Å². The molecule has 0 aliphatic heterocycles. The third-order valence-electron chi connectivity index (χ3n) is 2.67. The largest absolute Gasteiger partial charge is 0.312 e. The van der Waals surface area contributed by atoms with E-state index in [4.69, 9.17) is 0 Å². The second kappa shape index (κ2) is 6.68. The molecule has 104 valence electrons. The van der Waals surface area contributed by atoms with Gasteiger partial charge in [0.2, 0.25) is 0 Å². The number of hydrogen-bond donors (Lipinski definition) is 1. The molecule has 0 spiro atoms. The van der Waals surface area contributed by atoms with Crippen LogP contribution in [0.3, 0.4) is 0 Å². The van der Waals surface area contributed by atoms with Crippen molar-refractivity contribution in [3.05, 3.63) is 16.4 Å². The van der Waals surface area contributed by atoms with E-state index < -0.39 is 0 Å². The Balaban J connectivity index is 2.55. The standard InChI is InChI=1S/C13H25BrN4/c1-13(2,3)15-7-6-12-11(14)10-16-18(12)9-8-17(4)5/h10,15H,6-9H2,1-5H3. The fourth-order valence-corrected chi connectivity index (χ4v) is 2.17. The fourth-order valence-electron chi connectivity index (χ4n) is 1.68. The minimum Gasteiger partial charge on any atom is -0.312 e. The lowest BCUT2D eigenvalue weighted by molar-refractivity contribution is 0.367. The maximum absolute atomic E-state index is 4.42. The van der Waals surface area contributed by atoms with Gasteiger partial charge in [0.1, 0.15) is 0 Å². The molecule has 1 heterocycles. The molecular formula is C13H25BrN4. The Labute approximate surface area is 119 Å². The van der Waals surface area contributed by atoms with Gasteiger partial charge in [0, 0.05) is 25.0 Å². The van der Waals surface area contributed by atoms with E-state index in [9.17, 15) is 0 Å². The van der Waals surface area contributed by atoms with Gasteiger partial charge in [0.05, 0.1) is 22.9 Å². The second-order valence-corrected chi connectivity index (χ2v) is 6.75. The van der Waals surface area contributed by atoms with Crippen LogP contribution >= 0.6 is 15.9 Å². The Morgan fingerprint density at radius 1 is 1.39 bits per heavy atom. The summed E-state index contributed by atoms with van der Waals surface area (Å²) in [6.07, 6.45) is 2.88. The molecule has 1 N–H and O–H groups in total. The number of nitrogens with one attached hydrogen (secondary N) is 1. The van der Waals surface area contributed by atoms with Gasteiger partial charge >= 0.3 is 0 Å². The van der Waals surface area contributed by atoms with Gasteiger partial charge in [-0.05, 0) is 50.8 Å². The molecule has 0 aliphatic carbocycles. The van der Waals surface area contributed by atoms with E-state index in [0.717, 1.165) is 30.5 Å². The van der Waals surface area contributed by atoms with Crippen LogP contribution in [-0.4, -0.2) is 47.4 Å². The number of likely N-dealkylation sites (N-methyl/N-ethyl adjacent to an activating group) is 1. The van der Waals surface area contributed by atoms with E-state index in [2.05, 4.69) is 70.8 Å². The number of halogens is 1. The van der Waals surface area contributed by atoms with Crippen LogP contribution in [0.2, 0.25) is 0 Å². The highest BCUT2D eigenvalue weighted by Crippen LogP contribution is 2.16. The molecule has 0 bridgehead atoms. The van der Waals surface area contributed by atoms with Gasteiger partial charge in [-0.2, -0.15) is 5.10 Å². The molecule has 0 fully saturated rings. The number of aromatic nitrogens is 2. The second-order valence-electron chi connectivity index (χ2n) is 5.89. The fraction of sp³-hybridized carbons (Fsp3) is 0.769. The first kappa shape index (κ1) is 15.7. The van der Waals surface area contributed by atoms with Gasteiger partial charge in [0.15, 0.2) is 0 Å². The van der Waals surface area contributed by atoms with Crippen molar-refractivity contribution in [2.75, 3.05) is 27.2 Å². The maximum Gasteiger partial charge on any atom is 0.0635 e. The van der Waals surface area contributed by atoms with Crippen molar-refractivity contribution in [1.29, 1.82) is 0 Å². The zero-order valence-electron chi connectivity index (χ0n) is 12.1. The SMILES string of the molecule is CN(C)CCn1ncc(Br)c1CCNC(C)(C)C. The topological polar surface area (TPSA) is 33.1 Å². The van der Waals surface area contributed by atoms with Gasteiger partial charge in [0.25, 0.3) is 0 Å². The van der Waals surface area contributed by atoms with Crippen LogP contribution in [0.5, 0.6) is 0 Å². The molecule has 1 aromatic rings. The van der Waals surface area contributed by atoms with Crippen molar-refractivity contribution in [3.8, 4) is 0 Å². The van der Waals surface area contributed by atoms with Crippen LogP contribution < -0.4 is 5.32 Å². The molecule has 0 unspecified atom stereocenters. The monoisotopic (exact) mass is 316 g/mol. The first-order valence-electron chi connectivity index (χ1n) is 6.39. The zero-order chi connectivity index (χ0) is 13.8. The molecule has 0 saturated carbocycles. The van der Waals surface area contributed by atoms with E-state index in [1.54, 1.807) is 0 Å². The van der Waals surface area contributed by atoms with E-state index in [1.165, 1.54) is 5.69 Å². The van der Waals surface area contributed by atoms with Gasteiger partial charge in [-0.25, -0.2) is 0 Å². The molecule has 0 saturated heterocycles. The molecule has 0 amide bonds. The highest BCUT2D eigenvalue weighted by Gasteiger charge is 2.12. The molecule has 0 aliphatic rings. The molecular weight excluding hydrogens is 292 g/mol. The van der Waals surface area contributed by atoms with Crippen LogP contribution in [-0.2, 0) is 13.0 Å². The number of hydrogen-bond acceptors (Lipinski definition) is 3. The highest BCUT2D eigenvalue weighted by molar-refractivity contribution is 9.10. The first-order chi connectivity index (χ1) is 8.29. The summed E-state index contributed by atoms with van der Waals surface area (Å²) in [6.45, 7) is 9.47. The minimum absolute atomic E-state index is 0.168. The van der Waals surface area contributed by atoms with Gasteiger partial charge in [-0.15, -0.1) is 0 Å². The van der Waals surface area contributed by atoms with Crippen LogP contribution in [0.4, 0.5) is 0 Å². The van der Waals surface area contributed by atoms with E-state index in [0.29, 0.717) is 0 Å².